The van der Waals surface area contributed by atoms with Gasteiger partial charge >= 0.3 is 0 Å². The van der Waals surface area contributed by atoms with Crippen LogP contribution in [0.15, 0.2) is 24.3 Å². The minimum absolute atomic E-state index is 0.356. The molecule has 0 saturated carbocycles. The van der Waals surface area contributed by atoms with Crippen LogP contribution in [0.4, 0.5) is 5.69 Å². The molecular weight excluding hydrogens is 188 g/mol. The number of aryl methyl sites for hydroxylation is 1. The molecule has 0 aliphatic carbocycles. The van der Waals surface area contributed by atoms with Crippen molar-refractivity contribution in [2.75, 3.05) is 11.4 Å². The van der Waals surface area contributed by atoms with Gasteiger partial charge < -0.3 is 4.90 Å². The van der Waals surface area contributed by atoms with Crippen molar-refractivity contribution in [2.24, 2.45) is 0 Å². The molecule has 0 aromatic heterocycles. The van der Waals surface area contributed by atoms with Crippen LogP contribution < -0.4 is 4.90 Å². The minimum Gasteiger partial charge on any atom is -0.314 e. The molecule has 0 aliphatic rings. The van der Waals surface area contributed by atoms with E-state index in [2.05, 4.69) is 6.92 Å². The number of hydrogen-bond donors (Lipinski definition) is 0. The summed E-state index contributed by atoms with van der Waals surface area (Å²) in [6, 6.07) is 9.84. The van der Waals surface area contributed by atoms with Crippen molar-refractivity contribution < 1.29 is 4.79 Å². The van der Waals surface area contributed by atoms with E-state index in [1.165, 1.54) is 5.56 Å². The van der Waals surface area contributed by atoms with Gasteiger partial charge in [0.1, 0.15) is 0 Å². The third kappa shape index (κ3) is 3.10. The van der Waals surface area contributed by atoms with E-state index in [4.69, 9.17) is 5.26 Å². The first-order valence-electron chi connectivity index (χ1n) is 4.99. The first kappa shape index (κ1) is 11.3. The summed E-state index contributed by atoms with van der Waals surface area (Å²) in [5, 5.41) is 8.47. The number of rotatable bonds is 5. The van der Waals surface area contributed by atoms with E-state index in [1.807, 2.05) is 30.3 Å². The van der Waals surface area contributed by atoms with Crippen LogP contribution in [0.1, 0.15) is 18.9 Å². The fraction of sp³-hybridized carbons (Fsp3) is 0.333. The molecule has 0 bridgehead atoms. The van der Waals surface area contributed by atoms with Gasteiger partial charge in [0.05, 0.1) is 12.5 Å². The smallest absolute Gasteiger partial charge is 0.214 e. The van der Waals surface area contributed by atoms with Crippen LogP contribution in [-0.4, -0.2) is 13.0 Å². The number of amides is 1. The molecule has 3 nitrogen and oxygen atoms in total. The second-order valence-electron chi connectivity index (χ2n) is 3.23. The van der Waals surface area contributed by atoms with Crippen LogP contribution in [0.25, 0.3) is 0 Å². The topological polar surface area (TPSA) is 44.1 Å². The summed E-state index contributed by atoms with van der Waals surface area (Å²) in [5.41, 5.74) is 2.05. The van der Waals surface area contributed by atoms with Crippen LogP contribution in [0.2, 0.25) is 0 Å². The molecule has 0 heterocycles. The Hall–Kier alpha value is -1.82. The van der Waals surface area contributed by atoms with Gasteiger partial charge in [0.15, 0.2) is 0 Å². The Kier molecular flexibility index (Phi) is 4.36. The van der Waals surface area contributed by atoms with Gasteiger partial charge in [-0.05, 0) is 24.1 Å². The van der Waals surface area contributed by atoms with E-state index in [9.17, 15) is 4.79 Å². The van der Waals surface area contributed by atoms with Crippen molar-refractivity contribution in [1.82, 2.24) is 0 Å². The molecule has 0 atom stereocenters. The maximum absolute atomic E-state index is 10.8. The third-order valence-electron chi connectivity index (χ3n) is 2.24. The predicted molar refractivity (Wildman–Crippen MR) is 59.5 cm³/mol. The summed E-state index contributed by atoms with van der Waals surface area (Å²) in [5.74, 6) is 0. The molecule has 1 aromatic rings. The van der Waals surface area contributed by atoms with Crippen molar-refractivity contribution in [3.8, 4) is 6.07 Å². The second-order valence-corrected chi connectivity index (χ2v) is 3.23. The van der Waals surface area contributed by atoms with E-state index in [0.717, 1.165) is 18.5 Å². The Balaban J connectivity index is 2.82. The van der Waals surface area contributed by atoms with Crippen molar-refractivity contribution in [3.63, 3.8) is 0 Å². The summed E-state index contributed by atoms with van der Waals surface area (Å²) < 4.78 is 0. The fourth-order valence-corrected chi connectivity index (χ4v) is 1.37. The number of hydrogen-bond acceptors (Lipinski definition) is 2. The number of nitriles is 1. The molecule has 1 amide bonds. The molecule has 1 aromatic carbocycles. The maximum Gasteiger partial charge on any atom is 0.214 e. The van der Waals surface area contributed by atoms with Crippen LogP contribution in [0.5, 0.6) is 0 Å². The van der Waals surface area contributed by atoms with E-state index in [0.29, 0.717) is 13.0 Å². The van der Waals surface area contributed by atoms with Crippen LogP contribution in [0.3, 0.4) is 0 Å². The third-order valence-corrected chi connectivity index (χ3v) is 2.24. The van der Waals surface area contributed by atoms with E-state index < -0.39 is 0 Å². The lowest BCUT2D eigenvalue weighted by Gasteiger charge is -2.16. The van der Waals surface area contributed by atoms with Gasteiger partial charge in [-0.25, -0.2) is 0 Å². The van der Waals surface area contributed by atoms with Gasteiger partial charge in [-0.3, -0.25) is 4.79 Å². The Morgan fingerprint density at radius 3 is 2.93 bits per heavy atom. The number of carbonyl (C=O) groups excluding carboxylic acids is 1. The molecular formula is C12H14N2O. The van der Waals surface area contributed by atoms with Crippen molar-refractivity contribution >= 4 is 12.1 Å². The lowest BCUT2D eigenvalue weighted by atomic mass is 10.1. The standard InChI is InChI=1S/C12H14N2O/c1-2-11-5-3-6-12(9-11)14(10-15)8-4-7-13/h3,5-6,9-10H,2,4,8H2,1H3. The zero-order valence-electron chi connectivity index (χ0n) is 8.81. The van der Waals surface area contributed by atoms with Crippen molar-refractivity contribution in [3.05, 3.63) is 29.8 Å². The number of carbonyl (C=O) groups is 1. The Labute approximate surface area is 89.9 Å². The zero-order chi connectivity index (χ0) is 11.1. The van der Waals surface area contributed by atoms with Gasteiger partial charge in [0.25, 0.3) is 0 Å². The summed E-state index contributed by atoms with van der Waals surface area (Å²) in [4.78, 5) is 12.4. The Morgan fingerprint density at radius 1 is 1.53 bits per heavy atom. The minimum atomic E-state index is 0.356. The van der Waals surface area contributed by atoms with Gasteiger partial charge in [0.2, 0.25) is 6.41 Å². The molecule has 0 spiro atoms. The number of nitrogens with zero attached hydrogens (tertiary/aromatic N) is 2. The highest BCUT2D eigenvalue weighted by atomic mass is 16.1. The van der Waals surface area contributed by atoms with Crippen LogP contribution in [-0.2, 0) is 11.2 Å². The van der Waals surface area contributed by atoms with Crippen molar-refractivity contribution in [2.45, 2.75) is 19.8 Å². The Morgan fingerprint density at radius 2 is 2.33 bits per heavy atom. The number of anilines is 1. The molecule has 0 fully saturated rings. The first-order valence-corrected chi connectivity index (χ1v) is 4.99. The molecule has 0 unspecified atom stereocenters. The summed E-state index contributed by atoms with van der Waals surface area (Å²) in [7, 11) is 0. The maximum atomic E-state index is 10.8. The van der Waals surface area contributed by atoms with Gasteiger partial charge in [0, 0.05) is 12.2 Å². The van der Waals surface area contributed by atoms with Crippen LogP contribution in [0, 0.1) is 11.3 Å². The average molecular weight is 202 g/mol. The van der Waals surface area contributed by atoms with E-state index in [-0.39, 0.29) is 0 Å². The monoisotopic (exact) mass is 202 g/mol. The molecule has 0 radical (unpaired) electrons. The molecule has 15 heavy (non-hydrogen) atoms. The molecule has 3 heteroatoms. The highest BCUT2D eigenvalue weighted by molar-refractivity contribution is 5.75. The fourth-order valence-electron chi connectivity index (χ4n) is 1.37. The highest BCUT2D eigenvalue weighted by Gasteiger charge is 2.04. The molecule has 78 valence electrons. The average Bonchev–Trinajstić information content (AvgIpc) is 2.30. The molecule has 0 aliphatic heterocycles. The second kappa shape index (κ2) is 5.82. The lowest BCUT2D eigenvalue weighted by molar-refractivity contribution is -0.107. The van der Waals surface area contributed by atoms with E-state index >= 15 is 0 Å². The van der Waals surface area contributed by atoms with E-state index in [1.54, 1.807) is 4.90 Å². The SMILES string of the molecule is CCc1cccc(N(C=O)CCC#N)c1. The first-order chi connectivity index (χ1) is 7.31. The normalized spacial score (nSPS) is 9.33. The predicted octanol–water partition coefficient (Wildman–Crippen LogP) is 2.13. The quantitative estimate of drug-likeness (QED) is 0.686. The molecule has 1 rings (SSSR count). The highest BCUT2D eigenvalue weighted by Crippen LogP contribution is 2.15. The van der Waals surface area contributed by atoms with Gasteiger partial charge in [-0.15, -0.1) is 0 Å². The molecule has 0 saturated heterocycles. The Bertz CT molecular complexity index is 368. The summed E-state index contributed by atoms with van der Waals surface area (Å²) in [6.07, 6.45) is 2.07. The zero-order valence-corrected chi connectivity index (χ0v) is 8.81. The lowest BCUT2D eigenvalue weighted by Crippen LogP contribution is -2.21. The summed E-state index contributed by atoms with van der Waals surface area (Å²) >= 11 is 0. The van der Waals surface area contributed by atoms with Crippen LogP contribution >= 0.6 is 0 Å². The van der Waals surface area contributed by atoms with Gasteiger partial charge in [-0.1, -0.05) is 19.1 Å². The summed E-state index contributed by atoms with van der Waals surface area (Å²) in [6.45, 7) is 2.52. The van der Waals surface area contributed by atoms with Gasteiger partial charge in [-0.2, -0.15) is 5.26 Å². The largest absolute Gasteiger partial charge is 0.314 e. The number of benzene rings is 1. The van der Waals surface area contributed by atoms with Crippen molar-refractivity contribution in [1.29, 1.82) is 5.26 Å². The molecule has 0 N–H and O–H groups in total.